The Hall–Kier alpha value is -1.14. The first-order chi connectivity index (χ1) is 8.35. The van der Waals surface area contributed by atoms with E-state index in [9.17, 15) is 9.59 Å². The molecule has 1 unspecified atom stereocenters. The zero-order valence-corrected chi connectivity index (χ0v) is 10.5. The number of rotatable bonds is 13. The Balaban J connectivity index is 3.39. The number of hydrazine groups is 2. The van der Waals surface area contributed by atoms with Crippen molar-refractivity contribution in [2.75, 3.05) is 6.54 Å². The highest BCUT2D eigenvalue weighted by atomic mass is 16.1. The van der Waals surface area contributed by atoms with Gasteiger partial charge in [-0.05, 0) is 19.3 Å². The molecule has 0 radical (unpaired) electrons. The monoisotopic (exact) mass is 244 g/mol. The van der Waals surface area contributed by atoms with Crippen molar-refractivity contribution < 1.29 is 9.59 Å². The van der Waals surface area contributed by atoms with E-state index in [1.807, 2.05) is 0 Å². The van der Waals surface area contributed by atoms with E-state index in [1.54, 1.807) is 0 Å². The zero-order valence-electron chi connectivity index (χ0n) is 10.5. The minimum absolute atomic E-state index is 0.353. The van der Waals surface area contributed by atoms with Crippen LogP contribution in [0.15, 0.2) is 0 Å². The van der Waals surface area contributed by atoms with E-state index in [0.717, 1.165) is 45.1 Å². The van der Waals surface area contributed by atoms with E-state index in [-0.39, 0.29) is 0 Å². The summed E-state index contributed by atoms with van der Waals surface area (Å²) in [5, 5.41) is 0. The molecule has 0 aromatic heterocycles. The third kappa shape index (κ3) is 11.1. The van der Waals surface area contributed by atoms with Gasteiger partial charge in [0, 0.05) is 12.6 Å². The summed E-state index contributed by atoms with van der Waals surface area (Å²) in [6.45, 7) is 2.92. The van der Waals surface area contributed by atoms with Gasteiger partial charge >= 0.3 is 0 Å². The van der Waals surface area contributed by atoms with Crippen molar-refractivity contribution in [3.05, 3.63) is 0 Å². The van der Waals surface area contributed by atoms with Crippen LogP contribution in [0.3, 0.4) is 0 Å². The highest BCUT2D eigenvalue weighted by molar-refractivity contribution is 5.45. The fourth-order valence-corrected chi connectivity index (χ4v) is 1.68. The third-order valence-corrected chi connectivity index (χ3v) is 2.50. The molecule has 0 fully saturated rings. The molecule has 0 aliphatic rings. The molecule has 0 heterocycles. The second kappa shape index (κ2) is 12.9. The van der Waals surface area contributed by atoms with Gasteiger partial charge in [0.25, 0.3) is 0 Å². The average Bonchev–Trinajstić information content (AvgIpc) is 2.34. The molecule has 0 spiro atoms. The maximum atomic E-state index is 10.2. The summed E-state index contributed by atoms with van der Waals surface area (Å²) in [4.78, 5) is 20.1. The van der Waals surface area contributed by atoms with Crippen LogP contribution in [0.4, 0.5) is 0 Å². The van der Waals surface area contributed by atoms with Gasteiger partial charge in [-0.25, -0.2) is 10.9 Å². The van der Waals surface area contributed by atoms with Crippen LogP contribution in [0.5, 0.6) is 0 Å². The molecular formula is C11H24N4O2. The highest BCUT2D eigenvalue weighted by Crippen LogP contribution is 2.07. The summed E-state index contributed by atoms with van der Waals surface area (Å²) < 4.78 is 0. The molecule has 0 aliphatic heterocycles. The van der Waals surface area contributed by atoms with Crippen LogP contribution >= 0.6 is 0 Å². The van der Waals surface area contributed by atoms with Crippen LogP contribution in [0.1, 0.15) is 45.4 Å². The molecule has 0 saturated carbocycles. The first kappa shape index (κ1) is 15.9. The average molecular weight is 244 g/mol. The Kier molecular flexibility index (Phi) is 12.1. The first-order valence-electron chi connectivity index (χ1n) is 6.21. The van der Waals surface area contributed by atoms with Crippen LogP contribution in [0.25, 0.3) is 0 Å². The second-order valence-corrected chi connectivity index (χ2v) is 3.93. The molecule has 0 aromatic carbocycles. The molecule has 1 atom stereocenters. The minimum atomic E-state index is 0.353. The number of unbranched alkanes of at least 4 members (excludes halogenated alkanes) is 2. The van der Waals surface area contributed by atoms with E-state index in [4.69, 9.17) is 0 Å². The van der Waals surface area contributed by atoms with E-state index >= 15 is 0 Å². The van der Waals surface area contributed by atoms with E-state index in [0.29, 0.717) is 18.9 Å². The van der Waals surface area contributed by atoms with E-state index in [2.05, 4.69) is 28.6 Å². The van der Waals surface area contributed by atoms with Gasteiger partial charge in [-0.2, -0.15) is 0 Å². The zero-order chi connectivity index (χ0) is 12.8. The van der Waals surface area contributed by atoms with Crippen molar-refractivity contribution in [3.8, 4) is 0 Å². The van der Waals surface area contributed by atoms with Gasteiger partial charge in [0.05, 0.1) is 0 Å². The highest BCUT2D eigenvalue weighted by Gasteiger charge is 2.05. The standard InChI is InChI=1S/C11H24N4O2/c1-2-6-11(15-14-10-17)7-4-3-5-8-12-13-9-16/h9-12,15H,2-8H2,1H3,(H,13,16)(H,14,17). The molecule has 0 saturated heterocycles. The van der Waals surface area contributed by atoms with Crippen LogP contribution in [0, 0.1) is 0 Å². The van der Waals surface area contributed by atoms with E-state index in [1.165, 1.54) is 0 Å². The van der Waals surface area contributed by atoms with Gasteiger partial charge < -0.3 is 0 Å². The Labute approximate surface area is 103 Å². The Morgan fingerprint density at radius 1 is 1.00 bits per heavy atom. The summed E-state index contributed by atoms with van der Waals surface area (Å²) in [6, 6.07) is 0.353. The van der Waals surface area contributed by atoms with Gasteiger partial charge in [0.1, 0.15) is 0 Å². The molecule has 0 rings (SSSR count). The molecule has 0 bridgehead atoms. The summed E-state index contributed by atoms with van der Waals surface area (Å²) >= 11 is 0. The van der Waals surface area contributed by atoms with Crippen LogP contribution in [0.2, 0.25) is 0 Å². The lowest BCUT2D eigenvalue weighted by Crippen LogP contribution is -2.39. The number of amides is 2. The fourth-order valence-electron chi connectivity index (χ4n) is 1.68. The quantitative estimate of drug-likeness (QED) is 0.212. The second-order valence-electron chi connectivity index (χ2n) is 3.93. The molecule has 0 aliphatic carbocycles. The maximum absolute atomic E-state index is 10.2. The normalized spacial score (nSPS) is 11.8. The summed E-state index contributed by atoms with van der Waals surface area (Å²) in [6.07, 6.45) is 7.76. The molecule has 0 aromatic rings. The Morgan fingerprint density at radius 2 is 1.76 bits per heavy atom. The summed E-state index contributed by atoms with van der Waals surface area (Å²) in [7, 11) is 0. The van der Waals surface area contributed by atoms with Crippen molar-refractivity contribution in [2.24, 2.45) is 0 Å². The van der Waals surface area contributed by atoms with Crippen LogP contribution in [-0.4, -0.2) is 25.4 Å². The Morgan fingerprint density at radius 3 is 2.41 bits per heavy atom. The van der Waals surface area contributed by atoms with Crippen LogP contribution in [-0.2, 0) is 9.59 Å². The number of hydrogen-bond donors (Lipinski definition) is 4. The number of nitrogens with one attached hydrogen (secondary N) is 4. The number of carbonyl (C=O) groups excluding carboxylic acids is 2. The molecule has 100 valence electrons. The van der Waals surface area contributed by atoms with Crippen molar-refractivity contribution in [1.82, 2.24) is 21.7 Å². The van der Waals surface area contributed by atoms with Crippen molar-refractivity contribution in [2.45, 2.75) is 51.5 Å². The van der Waals surface area contributed by atoms with Gasteiger partial charge in [-0.1, -0.05) is 26.2 Å². The van der Waals surface area contributed by atoms with Gasteiger partial charge in [0.15, 0.2) is 0 Å². The lowest BCUT2D eigenvalue weighted by molar-refractivity contribution is -0.111. The van der Waals surface area contributed by atoms with Gasteiger partial charge in [-0.15, -0.1) is 0 Å². The lowest BCUT2D eigenvalue weighted by atomic mass is 10.0. The molecule has 2 amide bonds. The molecule has 6 nitrogen and oxygen atoms in total. The number of carbonyl (C=O) groups is 2. The van der Waals surface area contributed by atoms with Crippen molar-refractivity contribution >= 4 is 12.8 Å². The Bertz CT molecular complexity index is 190. The summed E-state index contributed by atoms with van der Waals surface area (Å²) in [5.74, 6) is 0. The molecule has 17 heavy (non-hydrogen) atoms. The van der Waals surface area contributed by atoms with Crippen molar-refractivity contribution in [1.29, 1.82) is 0 Å². The molecular weight excluding hydrogens is 220 g/mol. The fraction of sp³-hybridized carbons (Fsp3) is 0.818. The lowest BCUT2D eigenvalue weighted by Gasteiger charge is -2.16. The van der Waals surface area contributed by atoms with Crippen LogP contribution < -0.4 is 21.7 Å². The first-order valence-corrected chi connectivity index (χ1v) is 6.21. The van der Waals surface area contributed by atoms with Gasteiger partial charge in [-0.3, -0.25) is 20.4 Å². The maximum Gasteiger partial charge on any atom is 0.221 e. The minimum Gasteiger partial charge on any atom is -0.294 e. The SMILES string of the molecule is CCCC(CCCCCNNC=O)NNC=O. The predicted molar refractivity (Wildman–Crippen MR) is 66.7 cm³/mol. The molecule has 4 N–H and O–H groups in total. The number of hydrogen-bond acceptors (Lipinski definition) is 4. The molecule has 6 heteroatoms. The summed E-state index contributed by atoms with van der Waals surface area (Å²) in [5.41, 5.74) is 10.7. The third-order valence-electron chi connectivity index (χ3n) is 2.50. The smallest absolute Gasteiger partial charge is 0.221 e. The van der Waals surface area contributed by atoms with E-state index < -0.39 is 0 Å². The van der Waals surface area contributed by atoms with Crippen molar-refractivity contribution in [3.63, 3.8) is 0 Å². The predicted octanol–water partition coefficient (Wildman–Crippen LogP) is 0.217. The largest absolute Gasteiger partial charge is 0.294 e. The topological polar surface area (TPSA) is 82.3 Å². The van der Waals surface area contributed by atoms with Gasteiger partial charge in [0.2, 0.25) is 12.8 Å².